The molecule has 0 amide bonds. The van der Waals surface area contributed by atoms with Crippen LogP contribution in [0.3, 0.4) is 0 Å². The second kappa shape index (κ2) is 19.9. The zero-order valence-corrected chi connectivity index (χ0v) is 18.7. The Kier molecular flexibility index (Phi) is 19.3. The van der Waals surface area contributed by atoms with Crippen molar-refractivity contribution in [1.29, 1.82) is 0 Å². The van der Waals surface area contributed by atoms with Crippen molar-refractivity contribution in [3.8, 4) is 0 Å². The quantitative estimate of drug-likeness (QED) is 0.130. The average molecular weight is 382 g/mol. The molecule has 3 heteroatoms. The van der Waals surface area contributed by atoms with E-state index in [4.69, 9.17) is 4.74 Å². The van der Waals surface area contributed by atoms with Crippen molar-refractivity contribution in [1.82, 2.24) is 4.90 Å². The van der Waals surface area contributed by atoms with Gasteiger partial charge in [-0.15, -0.1) is 0 Å². The molecule has 0 N–H and O–H groups in total. The summed E-state index contributed by atoms with van der Waals surface area (Å²) >= 11 is 0. The number of rotatable bonds is 20. The van der Waals surface area contributed by atoms with E-state index in [1.54, 1.807) is 6.92 Å². The molecule has 0 unspecified atom stereocenters. The maximum Gasteiger partial charge on any atom is 0.333 e. The van der Waals surface area contributed by atoms with Gasteiger partial charge in [-0.2, -0.15) is 0 Å². The predicted molar refractivity (Wildman–Crippen MR) is 118 cm³/mol. The first-order chi connectivity index (χ1) is 13.1. The molecular formula is C24H47NO2. The molecule has 0 saturated heterocycles. The van der Waals surface area contributed by atoms with Gasteiger partial charge < -0.3 is 4.74 Å². The van der Waals surface area contributed by atoms with Gasteiger partial charge in [-0.3, -0.25) is 4.90 Å². The highest BCUT2D eigenvalue weighted by atomic mass is 16.5. The van der Waals surface area contributed by atoms with Crippen LogP contribution in [0.5, 0.6) is 0 Å². The fraction of sp³-hybridized carbons (Fsp3) is 0.875. The molecule has 0 aromatic carbocycles. The molecule has 0 saturated carbocycles. The van der Waals surface area contributed by atoms with Crippen molar-refractivity contribution < 1.29 is 9.53 Å². The number of carbonyl (C=O) groups is 1. The van der Waals surface area contributed by atoms with Crippen LogP contribution in [0.1, 0.15) is 111 Å². The monoisotopic (exact) mass is 381 g/mol. The van der Waals surface area contributed by atoms with Gasteiger partial charge in [-0.1, -0.05) is 97.5 Å². The molecule has 0 rings (SSSR count). The van der Waals surface area contributed by atoms with Gasteiger partial charge >= 0.3 is 5.97 Å². The summed E-state index contributed by atoms with van der Waals surface area (Å²) in [6.07, 6.45) is 18.8. The van der Waals surface area contributed by atoms with Crippen LogP contribution in [-0.4, -0.2) is 37.1 Å². The average Bonchev–Trinajstić information content (AvgIpc) is 2.65. The summed E-state index contributed by atoms with van der Waals surface area (Å²) < 4.78 is 5.30. The van der Waals surface area contributed by atoms with Crippen LogP contribution < -0.4 is 0 Å². The molecule has 0 aliphatic carbocycles. The van der Waals surface area contributed by atoms with Crippen molar-refractivity contribution >= 4 is 5.97 Å². The molecule has 160 valence electrons. The largest absolute Gasteiger partial charge is 0.461 e. The first-order valence-corrected chi connectivity index (χ1v) is 11.7. The molecule has 3 nitrogen and oxygen atoms in total. The minimum atomic E-state index is -0.262. The van der Waals surface area contributed by atoms with Crippen molar-refractivity contribution in [3.63, 3.8) is 0 Å². The second-order valence-corrected chi connectivity index (χ2v) is 8.00. The number of carbonyl (C=O) groups excluding carboxylic acids is 1. The van der Waals surface area contributed by atoms with E-state index in [1.165, 1.54) is 89.9 Å². The SMILES string of the molecule is C=C(C)C(=O)OCCN(CCCCCCCCC)CCCCCCCCC. The Morgan fingerprint density at radius 1 is 0.704 bits per heavy atom. The van der Waals surface area contributed by atoms with Crippen LogP contribution in [0.25, 0.3) is 0 Å². The number of hydrogen-bond acceptors (Lipinski definition) is 3. The third-order valence-corrected chi connectivity index (χ3v) is 5.14. The van der Waals surface area contributed by atoms with Gasteiger partial charge in [-0.25, -0.2) is 4.79 Å². The van der Waals surface area contributed by atoms with E-state index in [1.807, 2.05) is 0 Å². The molecule has 0 radical (unpaired) electrons. The van der Waals surface area contributed by atoms with Gasteiger partial charge in [0.15, 0.2) is 0 Å². The van der Waals surface area contributed by atoms with Crippen molar-refractivity contribution in [2.75, 3.05) is 26.2 Å². The fourth-order valence-corrected chi connectivity index (χ4v) is 3.31. The molecule has 0 heterocycles. The lowest BCUT2D eigenvalue weighted by molar-refractivity contribution is -0.139. The number of unbranched alkanes of at least 4 members (excludes halogenated alkanes) is 12. The first kappa shape index (κ1) is 26.2. The molecule has 0 aliphatic heterocycles. The summed E-state index contributed by atoms with van der Waals surface area (Å²) in [5.74, 6) is -0.262. The van der Waals surface area contributed by atoms with Crippen LogP contribution in [-0.2, 0) is 9.53 Å². The summed E-state index contributed by atoms with van der Waals surface area (Å²) in [4.78, 5) is 14.0. The van der Waals surface area contributed by atoms with Crippen molar-refractivity contribution in [3.05, 3.63) is 12.2 Å². The molecule has 0 aromatic rings. The summed E-state index contributed by atoms with van der Waals surface area (Å²) in [6.45, 7) is 13.5. The highest BCUT2D eigenvalue weighted by Crippen LogP contribution is 2.10. The third-order valence-electron chi connectivity index (χ3n) is 5.14. The Balaban J connectivity index is 3.94. The van der Waals surface area contributed by atoms with E-state index < -0.39 is 0 Å². The number of ether oxygens (including phenoxy) is 1. The summed E-state index contributed by atoms with van der Waals surface area (Å²) in [6, 6.07) is 0. The lowest BCUT2D eigenvalue weighted by Gasteiger charge is -2.22. The van der Waals surface area contributed by atoms with Crippen molar-refractivity contribution in [2.45, 2.75) is 111 Å². The molecule has 0 atom stereocenters. The van der Waals surface area contributed by atoms with E-state index in [9.17, 15) is 4.79 Å². The standard InChI is InChI=1S/C24H47NO2/c1-5-7-9-11-13-15-17-19-25(21-22-27-24(26)23(3)4)20-18-16-14-12-10-8-6-2/h3,5-22H2,1-2,4H3. The Morgan fingerprint density at radius 2 is 1.11 bits per heavy atom. The van der Waals surface area contributed by atoms with Gasteiger partial charge in [0.25, 0.3) is 0 Å². The van der Waals surface area contributed by atoms with Crippen LogP contribution >= 0.6 is 0 Å². The van der Waals surface area contributed by atoms with E-state index >= 15 is 0 Å². The van der Waals surface area contributed by atoms with Crippen LogP contribution in [0, 0.1) is 0 Å². The minimum absolute atomic E-state index is 0.262. The topological polar surface area (TPSA) is 29.5 Å². The normalized spacial score (nSPS) is 11.1. The summed E-state index contributed by atoms with van der Waals surface area (Å²) in [7, 11) is 0. The van der Waals surface area contributed by atoms with Gasteiger partial charge in [0.05, 0.1) is 0 Å². The van der Waals surface area contributed by atoms with E-state index in [0.29, 0.717) is 12.2 Å². The molecule has 0 spiro atoms. The van der Waals surface area contributed by atoms with Crippen LogP contribution in [0.2, 0.25) is 0 Å². The van der Waals surface area contributed by atoms with Gasteiger partial charge in [-0.05, 0) is 32.9 Å². The zero-order valence-electron chi connectivity index (χ0n) is 18.7. The van der Waals surface area contributed by atoms with E-state index in [-0.39, 0.29) is 5.97 Å². The highest BCUT2D eigenvalue weighted by Gasteiger charge is 2.08. The second-order valence-electron chi connectivity index (χ2n) is 8.00. The first-order valence-electron chi connectivity index (χ1n) is 11.7. The summed E-state index contributed by atoms with van der Waals surface area (Å²) in [5, 5.41) is 0. The van der Waals surface area contributed by atoms with E-state index in [2.05, 4.69) is 25.3 Å². The Bertz CT molecular complexity index is 336. The number of esters is 1. The molecule has 0 fully saturated rings. The molecule has 0 aromatic heterocycles. The van der Waals surface area contributed by atoms with E-state index in [0.717, 1.165) is 19.6 Å². The van der Waals surface area contributed by atoms with Gasteiger partial charge in [0.2, 0.25) is 0 Å². The third kappa shape index (κ3) is 18.3. The fourth-order valence-electron chi connectivity index (χ4n) is 3.31. The minimum Gasteiger partial charge on any atom is -0.461 e. The van der Waals surface area contributed by atoms with Crippen LogP contribution in [0.15, 0.2) is 12.2 Å². The molecule has 0 aliphatic rings. The van der Waals surface area contributed by atoms with Crippen LogP contribution in [0.4, 0.5) is 0 Å². The van der Waals surface area contributed by atoms with Gasteiger partial charge in [0, 0.05) is 12.1 Å². The maximum absolute atomic E-state index is 11.6. The Morgan fingerprint density at radius 3 is 1.52 bits per heavy atom. The Labute approximate surface area is 169 Å². The molecule has 0 bridgehead atoms. The van der Waals surface area contributed by atoms with Crippen molar-refractivity contribution in [2.24, 2.45) is 0 Å². The van der Waals surface area contributed by atoms with Gasteiger partial charge in [0.1, 0.15) is 6.61 Å². The lowest BCUT2D eigenvalue weighted by Crippen LogP contribution is -2.30. The lowest BCUT2D eigenvalue weighted by atomic mass is 10.1. The summed E-state index contributed by atoms with van der Waals surface area (Å²) in [5.41, 5.74) is 0.487. The molecular weight excluding hydrogens is 334 g/mol. The highest BCUT2D eigenvalue weighted by molar-refractivity contribution is 5.86. The smallest absolute Gasteiger partial charge is 0.333 e. The number of hydrogen-bond donors (Lipinski definition) is 0. The zero-order chi connectivity index (χ0) is 20.2. The maximum atomic E-state index is 11.6. The predicted octanol–water partition coefficient (Wildman–Crippen LogP) is 6.91. The Hall–Kier alpha value is -0.830. The molecule has 27 heavy (non-hydrogen) atoms. The number of nitrogens with zero attached hydrogens (tertiary/aromatic N) is 1.